The highest BCUT2D eigenvalue weighted by molar-refractivity contribution is 5.78. The van der Waals surface area contributed by atoms with Gasteiger partial charge in [-0.1, -0.05) is 30.3 Å². The molecule has 2 N–H and O–H groups in total. The average molecular weight is 304 g/mol. The molecule has 4 heteroatoms. The number of rotatable bonds is 7. The van der Waals surface area contributed by atoms with Crippen LogP contribution in [0.25, 0.3) is 0 Å². The minimum atomic E-state index is 0.0997. The molecular weight excluding hydrogens is 276 g/mol. The summed E-state index contributed by atoms with van der Waals surface area (Å²) in [5.74, 6) is 0.562. The van der Waals surface area contributed by atoms with Crippen molar-refractivity contribution in [1.82, 2.24) is 10.2 Å². The van der Waals surface area contributed by atoms with Crippen LogP contribution in [0.15, 0.2) is 30.3 Å². The zero-order valence-corrected chi connectivity index (χ0v) is 13.5. The van der Waals surface area contributed by atoms with E-state index in [1.165, 1.54) is 5.56 Å². The Morgan fingerprint density at radius 1 is 1.23 bits per heavy atom. The third-order valence-electron chi connectivity index (χ3n) is 4.67. The second-order valence-corrected chi connectivity index (χ2v) is 6.36. The SMILES string of the molecule is CN(CC(=O)NCCc1ccccc1)C1CCC(CO)CC1. The van der Waals surface area contributed by atoms with Crippen molar-refractivity contribution in [3.8, 4) is 0 Å². The molecule has 0 unspecified atom stereocenters. The minimum absolute atomic E-state index is 0.0997. The lowest BCUT2D eigenvalue weighted by atomic mass is 9.86. The van der Waals surface area contributed by atoms with Crippen LogP contribution in [0.1, 0.15) is 31.2 Å². The van der Waals surface area contributed by atoms with Crippen LogP contribution < -0.4 is 5.32 Å². The molecule has 0 atom stereocenters. The van der Waals surface area contributed by atoms with Crippen molar-refractivity contribution >= 4 is 5.91 Å². The van der Waals surface area contributed by atoms with Crippen LogP contribution in [0.2, 0.25) is 0 Å². The summed E-state index contributed by atoms with van der Waals surface area (Å²) in [6, 6.07) is 10.7. The Morgan fingerprint density at radius 2 is 1.91 bits per heavy atom. The topological polar surface area (TPSA) is 52.6 Å². The fourth-order valence-electron chi connectivity index (χ4n) is 3.17. The first kappa shape index (κ1) is 17.0. The van der Waals surface area contributed by atoms with Gasteiger partial charge < -0.3 is 10.4 Å². The number of benzene rings is 1. The van der Waals surface area contributed by atoms with Crippen LogP contribution in [-0.4, -0.2) is 48.7 Å². The molecule has 1 aromatic carbocycles. The number of nitrogens with one attached hydrogen (secondary N) is 1. The fourth-order valence-corrected chi connectivity index (χ4v) is 3.17. The van der Waals surface area contributed by atoms with E-state index in [1.807, 2.05) is 25.2 Å². The lowest BCUT2D eigenvalue weighted by Gasteiger charge is -2.33. The zero-order chi connectivity index (χ0) is 15.8. The highest BCUT2D eigenvalue weighted by Gasteiger charge is 2.24. The van der Waals surface area contributed by atoms with Crippen LogP contribution in [0, 0.1) is 5.92 Å². The van der Waals surface area contributed by atoms with E-state index in [2.05, 4.69) is 22.3 Å². The summed E-state index contributed by atoms with van der Waals surface area (Å²) < 4.78 is 0. The molecule has 0 aliphatic heterocycles. The number of hydrogen-bond donors (Lipinski definition) is 2. The van der Waals surface area contributed by atoms with Crippen LogP contribution in [0.5, 0.6) is 0 Å². The standard InChI is InChI=1S/C18H28N2O2/c1-20(17-9-7-16(14-21)8-10-17)13-18(22)19-12-11-15-5-3-2-4-6-15/h2-6,16-17,21H,7-14H2,1H3,(H,19,22). The highest BCUT2D eigenvalue weighted by atomic mass is 16.3. The summed E-state index contributed by atoms with van der Waals surface area (Å²) in [5.41, 5.74) is 1.25. The van der Waals surface area contributed by atoms with E-state index < -0.39 is 0 Å². The predicted octanol–water partition coefficient (Wildman–Crippen LogP) is 1.83. The maximum atomic E-state index is 12.0. The summed E-state index contributed by atoms with van der Waals surface area (Å²) in [7, 11) is 2.03. The molecule has 0 saturated heterocycles. The van der Waals surface area contributed by atoms with E-state index in [0.29, 0.717) is 31.7 Å². The highest BCUT2D eigenvalue weighted by Crippen LogP contribution is 2.26. The van der Waals surface area contributed by atoms with Gasteiger partial charge in [-0.05, 0) is 50.6 Å². The van der Waals surface area contributed by atoms with Gasteiger partial charge in [0.1, 0.15) is 0 Å². The molecule has 1 aliphatic carbocycles. The minimum Gasteiger partial charge on any atom is -0.396 e. The maximum Gasteiger partial charge on any atom is 0.234 e. The number of hydrogen-bond acceptors (Lipinski definition) is 3. The zero-order valence-electron chi connectivity index (χ0n) is 13.5. The Labute approximate surface area is 133 Å². The molecule has 1 fully saturated rings. The Bertz CT molecular complexity index is 442. The van der Waals surface area contributed by atoms with Crippen molar-refractivity contribution in [3.63, 3.8) is 0 Å². The number of aliphatic hydroxyl groups is 1. The molecule has 2 rings (SSSR count). The van der Waals surface area contributed by atoms with E-state index in [-0.39, 0.29) is 5.91 Å². The Balaban J connectivity index is 1.64. The van der Waals surface area contributed by atoms with Gasteiger partial charge in [-0.2, -0.15) is 0 Å². The molecule has 4 nitrogen and oxygen atoms in total. The van der Waals surface area contributed by atoms with Crippen molar-refractivity contribution in [2.24, 2.45) is 5.92 Å². The third kappa shape index (κ3) is 5.43. The lowest BCUT2D eigenvalue weighted by Crippen LogP contribution is -2.42. The van der Waals surface area contributed by atoms with E-state index in [0.717, 1.165) is 32.1 Å². The second kappa shape index (κ2) is 8.91. The first-order chi connectivity index (χ1) is 10.7. The molecule has 1 amide bonds. The summed E-state index contributed by atoms with van der Waals surface area (Å²) in [4.78, 5) is 14.2. The predicted molar refractivity (Wildman–Crippen MR) is 88.6 cm³/mol. The summed E-state index contributed by atoms with van der Waals surface area (Å²) in [5, 5.41) is 12.2. The largest absolute Gasteiger partial charge is 0.396 e. The smallest absolute Gasteiger partial charge is 0.234 e. The van der Waals surface area contributed by atoms with Gasteiger partial charge in [-0.15, -0.1) is 0 Å². The number of nitrogens with zero attached hydrogens (tertiary/aromatic N) is 1. The van der Waals surface area contributed by atoms with E-state index in [9.17, 15) is 9.90 Å². The number of amides is 1. The molecule has 0 bridgehead atoms. The Kier molecular flexibility index (Phi) is 6.87. The van der Waals surface area contributed by atoms with Crippen LogP contribution in [0.4, 0.5) is 0 Å². The second-order valence-electron chi connectivity index (χ2n) is 6.36. The van der Waals surface area contributed by atoms with Crippen molar-refractivity contribution < 1.29 is 9.90 Å². The van der Waals surface area contributed by atoms with Crippen molar-refractivity contribution in [3.05, 3.63) is 35.9 Å². The molecule has 122 valence electrons. The maximum absolute atomic E-state index is 12.0. The average Bonchev–Trinajstić information content (AvgIpc) is 2.56. The van der Waals surface area contributed by atoms with Gasteiger partial charge in [-0.3, -0.25) is 9.69 Å². The van der Waals surface area contributed by atoms with Crippen LogP contribution >= 0.6 is 0 Å². The van der Waals surface area contributed by atoms with Gasteiger partial charge in [0.15, 0.2) is 0 Å². The van der Waals surface area contributed by atoms with E-state index in [1.54, 1.807) is 0 Å². The van der Waals surface area contributed by atoms with Crippen LogP contribution in [0.3, 0.4) is 0 Å². The van der Waals surface area contributed by atoms with Crippen LogP contribution in [-0.2, 0) is 11.2 Å². The van der Waals surface area contributed by atoms with Gasteiger partial charge in [0, 0.05) is 19.2 Å². The van der Waals surface area contributed by atoms with Crippen molar-refractivity contribution in [2.75, 3.05) is 26.7 Å². The molecule has 0 aromatic heterocycles. The number of carbonyl (C=O) groups is 1. The Morgan fingerprint density at radius 3 is 2.55 bits per heavy atom. The number of aliphatic hydroxyl groups excluding tert-OH is 1. The molecule has 22 heavy (non-hydrogen) atoms. The molecular formula is C18H28N2O2. The van der Waals surface area contributed by atoms with Gasteiger partial charge in [0.2, 0.25) is 5.91 Å². The van der Waals surface area contributed by atoms with Gasteiger partial charge in [0.25, 0.3) is 0 Å². The molecule has 1 aromatic rings. The van der Waals surface area contributed by atoms with Gasteiger partial charge >= 0.3 is 0 Å². The number of likely N-dealkylation sites (N-methyl/N-ethyl adjacent to an activating group) is 1. The normalized spacial score (nSPS) is 21.8. The quantitative estimate of drug-likeness (QED) is 0.808. The lowest BCUT2D eigenvalue weighted by molar-refractivity contribution is -0.122. The summed E-state index contributed by atoms with van der Waals surface area (Å²) >= 11 is 0. The Hall–Kier alpha value is -1.39. The van der Waals surface area contributed by atoms with Gasteiger partial charge in [-0.25, -0.2) is 0 Å². The fraction of sp³-hybridized carbons (Fsp3) is 0.611. The first-order valence-electron chi connectivity index (χ1n) is 8.30. The molecule has 1 aliphatic rings. The van der Waals surface area contributed by atoms with E-state index in [4.69, 9.17) is 0 Å². The summed E-state index contributed by atoms with van der Waals surface area (Å²) in [6.45, 7) is 1.45. The first-order valence-corrected chi connectivity index (χ1v) is 8.30. The number of carbonyl (C=O) groups excluding carboxylic acids is 1. The molecule has 0 heterocycles. The molecule has 1 saturated carbocycles. The van der Waals surface area contributed by atoms with Gasteiger partial charge in [0.05, 0.1) is 6.54 Å². The van der Waals surface area contributed by atoms with E-state index >= 15 is 0 Å². The summed E-state index contributed by atoms with van der Waals surface area (Å²) in [6.07, 6.45) is 5.18. The van der Waals surface area contributed by atoms with Crippen molar-refractivity contribution in [2.45, 2.75) is 38.1 Å². The molecule has 0 radical (unpaired) electrons. The third-order valence-corrected chi connectivity index (χ3v) is 4.67. The monoisotopic (exact) mass is 304 g/mol. The molecule has 0 spiro atoms. The van der Waals surface area contributed by atoms with Crippen molar-refractivity contribution in [1.29, 1.82) is 0 Å².